The molecule has 17 heavy (non-hydrogen) atoms. The number of nitrogen functional groups attached to an aromatic ring is 1. The van der Waals surface area contributed by atoms with Gasteiger partial charge in [0.1, 0.15) is 0 Å². The van der Waals surface area contributed by atoms with E-state index in [0.29, 0.717) is 12.1 Å². The third-order valence-corrected chi connectivity index (χ3v) is 2.83. The van der Waals surface area contributed by atoms with Crippen molar-refractivity contribution in [1.82, 2.24) is 4.98 Å². The van der Waals surface area contributed by atoms with E-state index >= 15 is 0 Å². The van der Waals surface area contributed by atoms with Gasteiger partial charge in [-0.25, -0.2) is 0 Å². The van der Waals surface area contributed by atoms with Gasteiger partial charge < -0.3 is 11.1 Å². The minimum absolute atomic E-state index is 0.0443. The van der Waals surface area contributed by atoms with E-state index in [1.54, 1.807) is 12.4 Å². The van der Waals surface area contributed by atoms with Crippen molar-refractivity contribution >= 4 is 17.3 Å². The van der Waals surface area contributed by atoms with Gasteiger partial charge in [0.25, 0.3) is 0 Å². The molecule has 4 nitrogen and oxygen atoms in total. The fourth-order valence-electron chi connectivity index (χ4n) is 2.01. The normalized spacial score (nSPS) is 13.3. The van der Waals surface area contributed by atoms with Gasteiger partial charge in [0.2, 0.25) is 5.91 Å². The minimum atomic E-state index is 0.0443. The minimum Gasteiger partial charge on any atom is -0.397 e. The highest BCUT2D eigenvalue weighted by molar-refractivity contribution is 5.99. The summed E-state index contributed by atoms with van der Waals surface area (Å²) in [7, 11) is 0. The highest BCUT2D eigenvalue weighted by Crippen LogP contribution is 2.29. The maximum absolute atomic E-state index is 11.3. The number of amides is 1. The fraction of sp³-hybridized carbons (Fsp3) is 0.0769. The van der Waals surface area contributed by atoms with E-state index in [1.165, 1.54) is 0 Å². The van der Waals surface area contributed by atoms with Crippen molar-refractivity contribution in [2.24, 2.45) is 0 Å². The third-order valence-electron chi connectivity index (χ3n) is 2.83. The van der Waals surface area contributed by atoms with Crippen LogP contribution in [0.5, 0.6) is 0 Å². The smallest absolute Gasteiger partial charge is 0.228 e. The molecule has 2 aromatic rings. The van der Waals surface area contributed by atoms with Gasteiger partial charge in [0, 0.05) is 23.6 Å². The molecule has 0 aliphatic carbocycles. The van der Waals surface area contributed by atoms with Crippen molar-refractivity contribution in [3.05, 3.63) is 42.2 Å². The molecule has 0 bridgehead atoms. The highest BCUT2D eigenvalue weighted by Gasteiger charge is 2.17. The van der Waals surface area contributed by atoms with E-state index < -0.39 is 0 Å². The molecule has 1 aliphatic rings. The van der Waals surface area contributed by atoms with E-state index in [1.807, 2.05) is 24.3 Å². The number of nitrogens with one attached hydrogen (secondary N) is 1. The average Bonchev–Trinajstić information content (AvgIpc) is 2.68. The maximum atomic E-state index is 11.3. The van der Waals surface area contributed by atoms with Crippen LogP contribution in [0.3, 0.4) is 0 Å². The summed E-state index contributed by atoms with van der Waals surface area (Å²) in [6.07, 6.45) is 3.83. The zero-order chi connectivity index (χ0) is 11.8. The molecule has 2 heterocycles. The summed E-state index contributed by atoms with van der Waals surface area (Å²) < 4.78 is 0. The number of carbonyl (C=O) groups is 1. The van der Waals surface area contributed by atoms with Crippen LogP contribution in [-0.4, -0.2) is 10.9 Å². The summed E-state index contributed by atoms with van der Waals surface area (Å²) in [5.74, 6) is 0.0443. The number of hydrogen-bond acceptors (Lipinski definition) is 3. The molecule has 3 N–H and O–H groups in total. The summed E-state index contributed by atoms with van der Waals surface area (Å²) in [4.78, 5) is 15.3. The Balaban J connectivity index is 2.06. The Hall–Kier alpha value is -2.36. The van der Waals surface area contributed by atoms with Crippen LogP contribution >= 0.6 is 0 Å². The number of pyridine rings is 1. The Labute approximate surface area is 98.5 Å². The predicted octanol–water partition coefficient (Wildman–Crippen LogP) is 1.83. The standard InChI is InChI=1S/C13H11N3O/c14-11-3-10(6-15-7-11)8-1-2-9-5-13(17)16-12(9)4-8/h1-4,6-7H,5,14H2,(H,16,17). The van der Waals surface area contributed by atoms with Crippen LogP contribution in [0, 0.1) is 0 Å². The first-order valence-electron chi connectivity index (χ1n) is 5.36. The first-order valence-corrected chi connectivity index (χ1v) is 5.36. The van der Waals surface area contributed by atoms with Crippen molar-refractivity contribution in [3.8, 4) is 11.1 Å². The lowest BCUT2D eigenvalue weighted by molar-refractivity contribution is -0.115. The van der Waals surface area contributed by atoms with Crippen molar-refractivity contribution in [3.63, 3.8) is 0 Å². The van der Waals surface area contributed by atoms with Gasteiger partial charge >= 0.3 is 0 Å². The van der Waals surface area contributed by atoms with Gasteiger partial charge in [-0.3, -0.25) is 9.78 Å². The second-order valence-electron chi connectivity index (χ2n) is 4.10. The molecule has 1 aromatic heterocycles. The number of nitrogens with zero attached hydrogens (tertiary/aromatic N) is 1. The molecule has 0 unspecified atom stereocenters. The second-order valence-corrected chi connectivity index (χ2v) is 4.10. The highest BCUT2D eigenvalue weighted by atomic mass is 16.1. The van der Waals surface area contributed by atoms with Crippen LogP contribution in [0.15, 0.2) is 36.7 Å². The summed E-state index contributed by atoms with van der Waals surface area (Å²) in [5.41, 5.74) is 10.2. The van der Waals surface area contributed by atoms with E-state index in [-0.39, 0.29) is 5.91 Å². The van der Waals surface area contributed by atoms with E-state index in [4.69, 9.17) is 5.73 Å². The number of aromatic nitrogens is 1. The quantitative estimate of drug-likeness (QED) is 0.777. The lowest BCUT2D eigenvalue weighted by Gasteiger charge is -2.05. The fourth-order valence-corrected chi connectivity index (χ4v) is 2.01. The molecule has 1 aromatic carbocycles. The third kappa shape index (κ3) is 1.73. The lowest BCUT2D eigenvalue weighted by Crippen LogP contribution is -2.03. The molecule has 0 radical (unpaired) electrons. The molecule has 0 spiro atoms. The molecular weight excluding hydrogens is 214 g/mol. The summed E-state index contributed by atoms with van der Waals surface area (Å²) >= 11 is 0. The van der Waals surface area contributed by atoms with Gasteiger partial charge in [0.15, 0.2) is 0 Å². The predicted molar refractivity (Wildman–Crippen MR) is 66.4 cm³/mol. The first kappa shape index (κ1) is 9.84. The molecule has 1 amide bonds. The molecule has 4 heteroatoms. The van der Waals surface area contributed by atoms with Gasteiger partial charge in [-0.05, 0) is 23.3 Å². The molecule has 3 rings (SSSR count). The van der Waals surface area contributed by atoms with Crippen LogP contribution in [0.4, 0.5) is 11.4 Å². The first-order chi connectivity index (χ1) is 8.22. The summed E-state index contributed by atoms with van der Waals surface area (Å²) in [5, 5.41) is 2.83. The molecule has 0 saturated heterocycles. The number of anilines is 2. The van der Waals surface area contributed by atoms with Crippen molar-refractivity contribution in [1.29, 1.82) is 0 Å². The molecular formula is C13H11N3O. The van der Waals surface area contributed by atoms with Crippen molar-refractivity contribution in [2.45, 2.75) is 6.42 Å². The van der Waals surface area contributed by atoms with E-state index in [0.717, 1.165) is 22.4 Å². The summed E-state index contributed by atoms with van der Waals surface area (Å²) in [6, 6.07) is 7.77. The van der Waals surface area contributed by atoms with Crippen LogP contribution in [-0.2, 0) is 11.2 Å². The van der Waals surface area contributed by atoms with E-state index in [9.17, 15) is 4.79 Å². The molecule has 1 aliphatic heterocycles. The second kappa shape index (κ2) is 3.59. The van der Waals surface area contributed by atoms with Gasteiger partial charge in [0.05, 0.1) is 12.1 Å². The number of rotatable bonds is 1. The van der Waals surface area contributed by atoms with Gasteiger partial charge in [-0.2, -0.15) is 0 Å². The lowest BCUT2D eigenvalue weighted by atomic mass is 10.0. The van der Waals surface area contributed by atoms with Gasteiger partial charge in [-0.1, -0.05) is 12.1 Å². The van der Waals surface area contributed by atoms with E-state index in [2.05, 4.69) is 10.3 Å². The maximum Gasteiger partial charge on any atom is 0.228 e. The Morgan fingerprint density at radius 3 is 2.88 bits per heavy atom. The number of benzene rings is 1. The summed E-state index contributed by atoms with van der Waals surface area (Å²) in [6.45, 7) is 0. The average molecular weight is 225 g/mol. The Kier molecular flexibility index (Phi) is 2.08. The van der Waals surface area contributed by atoms with Crippen molar-refractivity contribution < 1.29 is 4.79 Å². The number of hydrogen-bond donors (Lipinski definition) is 2. The number of fused-ring (bicyclic) bond motifs is 1. The number of nitrogens with two attached hydrogens (primary N) is 1. The molecule has 0 saturated carbocycles. The molecule has 0 fully saturated rings. The largest absolute Gasteiger partial charge is 0.397 e. The zero-order valence-electron chi connectivity index (χ0n) is 9.10. The van der Waals surface area contributed by atoms with Gasteiger partial charge in [-0.15, -0.1) is 0 Å². The van der Waals surface area contributed by atoms with Crippen LogP contribution in [0.1, 0.15) is 5.56 Å². The molecule has 84 valence electrons. The van der Waals surface area contributed by atoms with Crippen LogP contribution in [0.2, 0.25) is 0 Å². The Morgan fingerprint density at radius 2 is 2.06 bits per heavy atom. The topological polar surface area (TPSA) is 68.0 Å². The van der Waals surface area contributed by atoms with Crippen LogP contribution < -0.4 is 11.1 Å². The van der Waals surface area contributed by atoms with Crippen molar-refractivity contribution in [2.75, 3.05) is 11.1 Å². The Bertz CT molecular complexity index is 607. The molecule has 0 atom stereocenters. The number of carbonyl (C=O) groups excluding carboxylic acids is 1. The Morgan fingerprint density at radius 1 is 1.18 bits per heavy atom. The SMILES string of the molecule is Nc1cncc(-c2ccc3c(c2)NC(=O)C3)c1. The van der Waals surface area contributed by atoms with Crippen LogP contribution in [0.25, 0.3) is 11.1 Å². The zero-order valence-corrected chi connectivity index (χ0v) is 9.10. The monoisotopic (exact) mass is 225 g/mol.